The van der Waals surface area contributed by atoms with E-state index in [9.17, 15) is 18.0 Å². The number of ketones is 1. The van der Waals surface area contributed by atoms with Crippen molar-refractivity contribution in [2.45, 2.75) is 12.6 Å². The zero-order valence-corrected chi connectivity index (χ0v) is 14.7. The molecule has 0 atom stereocenters. The standard InChI is InChI=1S/C19H11ClF3NOS/c20-12-5-2-9(3-6-12)17(25)16-15-13-8-11(19(21,22)23)4-1-10(13)7-14(15)26-18(16)24/h1-6,8H,7,24H2. The van der Waals surface area contributed by atoms with Gasteiger partial charge in [0.05, 0.1) is 16.1 Å². The van der Waals surface area contributed by atoms with Crippen molar-refractivity contribution in [1.29, 1.82) is 0 Å². The molecule has 1 aliphatic carbocycles. The fraction of sp³-hybridized carbons (Fsp3) is 0.105. The number of halogens is 4. The number of alkyl halides is 3. The average Bonchev–Trinajstić information content (AvgIpc) is 3.07. The van der Waals surface area contributed by atoms with Crippen molar-refractivity contribution in [3.8, 4) is 11.1 Å². The molecular weight excluding hydrogens is 383 g/mol. The molecule has 2 nitrogen and oxygen atoms in total. The minimum absolute atomic E-state index is 0.269. The Kier molecular flexibility index (Phi) is 3.86. The predicted octanol–water partition coefficient (Wildman–Crippen LogP) is 5.80. The van der Waals surface area contributed by atoms with Crippen LogP contribution in [0, 0.1) is 0 Å². The van der Waals surface area contributed by atoms with Gasteiger partial charge < -0.3 is 5.73 Å². The molecule has 0 saturated heterocycles. The van der Waals surface area contributed by atoms with Gasteiger partial charge in [-0.15, -0.1) is 11.3 Å². The summed E-state index contributed by atoms with van der Waals surface area (Å²) in [5.74, 6) is -0.318. The summed E-state index contributed by atoms with van der Waals surface area (Å²) >= 11 is 7.10. The molecule has 1 heterocycles. The summed E-state index contributed by atoms with van der Waals surface area (Å²) in [6.07, 6.45) is -3.97. The molecule has 7 heteroatoms. The van der Waals surface area contributed by atoms with Gasteiger partial charge in [-0.3, -0.25) is 4.79 Å². The summed E-state index contributed by atoms with van der Waals surface area (Å²) < 4.78 is 39.3. The number of fused-ring (bicyclic) bond motifs is 3. The lowest BCUT2D eigenvalue weighted by Crippen LogP contribution is -2.06. The number of benzene rings is 2. The minimum Gasteiger partial charge on any atom is -0.390 e. The number of thiophene rings is 1. The third kappa shape index (κ3) is 2.70. The first kappa shape index (κ1) is 17.1. The number of hydrogen-bond acceptors (Lipinski definition) is 3. The second-order valence-electron chi connectivity index (χ2n) is 6.02. The maximum atomic E-state index is 13.1. The van der Waals surface area contributed by atoms with Gasteiger partial charge in [-0.1, -0.05) is 17.7 Å². The van der Waals surface area contributed by atoms with Crippen LogP contribution in [0.1, 0.15) is 31.9 Å². The van der Waals surface area contributed by atoms with Crippen LogP contribution in [-0.4, -0.2) is 5.78 Å². The van der Waals surface area contributed by atoms with Crippen molar-refractivity contribution in [1.82, 2.24) is 0 Å². The minimum atomic E-state index is -4.44. The smallest absolute Gasteiger partial charge is 0.390 e. The second-order valence-corrected chi connectivity index (χ2v) is 7.60. The Labute approximate surface area is 156 Å². The number of nitrogen functional groups attached to an aromatic ring is 1. The Morgan fingerprint density at radius 1 is 1.12 bits per heavy atom. The van der Waals surface area contributed by atoms with Gasteiger partial charge in [-0.25, -0.2) is 0 Å². The van der Waals surface area contributed by atoms with E-state index in [1.165, 1.54) is 17.4 Å². The summed E-state index contributed by atoms with van der Waals surface area (Å²) in [5, 5.41) is 0.809. The lowest BCUT2D eigenvalue weighted by atomic mass is 9.96. The van der Waals surface area contributed by atoms with Crippen LogP contribution in [0.4, 0.5) is 18.2 Å². The van der Waals surface area contributed by atoms with Gasteiger partial charge in [-0.05, 0) is 47.5 Å². The van der Waals surface area contributed by atoms with Crippen LogP contribution in [0.3, 0.4) is 0 Å². The topological polar surface area (TPSA) is 43.1 Å². The van der Waals surface area contributed by atoms with E-state index in [2.05, 4.69) is 0 Å². The summed E-state index contributed by atoms with van der Waals surface area (Å²) in [6, 6.07) is 9.98. The van der Waals surface area contributed by atoms with E-state index in [-0.39, 0.29) is 11.3 Å². The molecule has 3 aromatic rings. The first-order valence-corrected chi connectivity index (χ1v) is 8.87. The van der Waals surface area contributed by atoms with Crippen LogP contribution in [0.5, 0.6) is 0 Å². The number of rotatable bonds is 2. The van der Waals surface area contributed by atoms with Crippen molar-refractivity contribution in [2.75, 3.05) is 5.73 Å². The van der Waals surface area contributed by atoms with Gasteiger partial charge in [0.2, 0.25) is 0 Å². The monoisotopic (exact) mass is 393 g/mol. The molecule has 26 heavy (non-hydrogen) atoms. The molecule has 0 spiro atoms. The number of carbonyl (C=O) groups excluding carboxylic acids is 1. The summed E-state index contributed by atoms with van der Waals surface area (Å²) in [4.78, 5) is 13.8. The van der Waals surface area contributed by atoms with Crippen LogP contribution in [-0.2, 0) is 12.6 Å². The highest BCUT2D eigenvalue weighted by atomic mass is 35.5. The Morgan fingerprint density at radius 2 is 1.81 bits per heavy atom. The SMILES string of the molecule is Nc1sc2c(c1C(=O)c1ccc(Cl)cc1)-c1cc(C(F)(F)F)ccc1C2. The van der Waals surface area contributed by atoms with Crippen LogP contribution in [0.2, 0.25) is 5.02 Å². The molecule has 1 aromatic heterocycles. The third-order valence-electron chi connectivity index (χ3n) is 4.40. The normalized spacial score (nSPS) is 12.8. The molecule has 0 saturated carbocycles. The molecule has 0 radical (unpaired) electrons. The molecule has 2 N–H and O–H groups in total. The number of carbonyl (C=O) groups is 1. The van der Waals surface area contributed by atoms with Gasteiger partial charge in [0, 0.05) is 27.4 Å². The van der Waals surface area contributed by atoms with E-state index >= 15 is 0 Å². The lowest BCUT2D eigenvalue weighted by molar-refractivity contribution is -0.137. The summed E-state index contributed by atoms with van der Waals surface area (Å²) in [5.41, 5.74) is 7.69. The van der Waals surface area contributed by atoms with E-state index in [1.807, 2.05) is 0 Å². The molecule has 0 amide bonds. The molecule has 1 aliphatic rings. The zero-order valence-electron chi connectivity index (χ0n) is 13.2. The highest BCUT2D eigenvalue weighted by Gasteiger charge is 2.35. The molecule has 2 aromatic carbocycles. The predicted molar refractivity (Wildman–Crippen MR) is 96.9 cm³/mol. The Balaban J connectivity index is 1.87. The van der Waals surface area contributed by atoms with Gasteiger partial charge in [0.1, 0.15) is 0 Å². The Morgan fingerprint density at radius 3 is 2.46 bits per heavy atom. The molecule has 0 fully saturated rings. The highest BCUT2D eigenvalue weighted by molar-refractivity contribution is 7.17. The Bertz CT molecular complexity index is 1040. The molecule has 0 bridgehead atoms. The van der Waals surface area contributed by atoms with Gasteiger partial charge in [0.15, 0.2) is 5.78 Å². The summed E-state index contributed by atoms with van der Waals surface area (Å²) in [7, 11) is 0. The maximum absolute atomic E-state index is 13.1. The Hall–Kier alpha value is -2.31. The van der Waals surface area contributed by atoms with Gasteiger partial charge in [-0.2, -0.15) is 13.2 Å². The van der Waals surface area contributed by atoms with Crippen molar-refractivity contribution >= 4 is 33.7 Å². The third-order valence-corrected chi connectivity index (χ3v) is 5.67. The largest absolute Gasteiger partial charge is 0.416 e. The molecule has 4 rings (SSSR count). The van der Waals surface area contributed by atoms with E-state index in [0.717, 1.165) is 22.6 Å². The van der Waals surface area contributed by atoms with Gasteiger partial charge in [0.25, 0.3) is 0 Å². The van der Waals surface area contributed by atoms with Crippen molar-refractivity contribution in [2.24, 2.45) is 0 Å². The van der Waals surface area contributed by atoms with E-state index in [4.69, 9.17) is 17.3 Å². The molecule has 0 unspecified atom stereocenters. The van der Waals surface area contributed by atoms with E-state index in [1.54, 1.807) is 24.3 Å². The van der Waals surface area contributed by atoms with Crippen molar-refractivity contribution in [3.05, 3.63) is 74.6 Å². The molecular formula is C19H11ClF3NOS. The fourth-order valence-electron chi connectivity index (χ4n) is 3.19. The fourth-order valence-corrected chi connectivity index (χ4v) is 4.42. The van der Waals surface area contributed by atoms with Crippen LogP contribution in [0.15, 0.2) is 42.5 Å². The van der Waals surface area contributed by atoms with E-state index < -0.39 is 11.7 Å². The van der Waals surface area contributed by atoms with E-state index in [0.29, 0.717) is 33.1 Å². The van der Waals surface area contributed by atoms with Crippen LogP contribution < -0.4 is 5.73 Å². The van der Waals surface area contributed by atoms with Crippen LogP contribution in [0.25, 0.3) is 11.1 Å². The lowest BCUT2D eigenvalue weighted by Gasteiger charge is -2.10. The van der Waals surface area contributed by atoms with Gasteiger partial charge >= 0.3 is 6.18 Å². The molecule has 0 aliphatic heterocycles. The maximum Gasteiger partial charge on any atom is 0.416 e. The summed E-state index contributed by atoms with van der Waals surface area (Å²) in [6.45, 7) is 0. The molecule has 132 valence electrons. The van der Waals surface area contributed by atoms with Crippen molar-refractivity contribution in [3.63, 3.8) is 0 Å². The van der Waals surface area contributed by atoms with Crippen LogP contribution >= 0.6 is 22.9 Å². The number of nitrogens with two attached hydrogens (primary N) is 1. The zero-order chi connectivity index (χ0) is 18.6. The number of anilines is 1. The first-order valence-electron chi connectivity index (χ1n) is 7.67. The number of hydrogen-bond donors (Lipinski definition) is 1. The second kappa shape index (κ2) is 5.86. The quantitative estimate of drug-likeness (QED) is 0.437. The average molecular weight is 394 g/mol. The van der Waals surface area contributed by atoms with Crippen molar-refractivity contribution < 1.29 is 18.0 Å². The highest BCUT2D eigenvalue weighted by Crippen LogP contribution is 2.48. The first-order chi connectivity index (χ1) is 12.3.